The molecule has 41 heavy (non-hydrogen) atoms. The van der Waals surface area contributed by atoms with Gasteiger partial charge in [0.1, 0.15) is 11.5 Å². The molecule has 0 spiro atoms. The van der Waals surface area contributed by atoms with Gasteiger partial charge in [-0.05, 0) is 86.0 Å². The van der Waals surface area contributed by atoms with E-state index in [-0.39, 0.29) is 23.7 Å². The van der Waals surface area contributed by atoms with Crippen LogP contribution in [0, 0.1) is 20.8 Å². The van der Waals surface area contributed by atoms with Crippen LogP contribution >= 0.6 is 11.6 Å². The molecule has 0 unspecified atom stereocenters. The summed E-state index contributed by atoms with van der Waals surface area (Å²) in [4.78, 5) is 24.4. The second-order valence-corrected chi connectivity index (χ2v) is 11.8. The molecular weight excluding hydrogens is 564 g/mol. The van der Waals surface area contributed by atoms with Gasteiger partial charge >= 0.3 is 11.8 Å². The Hall–Kier alpha value is -4.25. The minimum Gasteiger partial charge on any atom is -0.459 e. The Kier molecular flexibility index (Phi) is 9.38. The molecular formula is C30H29ClN4O5S. The van der Waals surface area contributed by atoms with E-state index >= 15 is 0 Å². The molecule has 3 aromatic carbocycles. The van der Waals surface area contributed by atoms with Crippen LogP contribution in [0.1, 0.15) is 33.8 Å². The third-order valence-electron chi connectivity index (χ3n) is 6.27. The molecule has 0 aliphatic carbocycles. The highest BCUT2D eigenvalue weighted by atomic mass is 35.5. The molecule has 4 rings (SSSR count). The Labute approximate surface area is 243 Å². The maximum atomic E-state index is 13.5. The van der Waals surface area contributed by atoms with E-state index in [2.05, 4.69) is 15.8 Å². The number of halogens is 1. The first-order valence-electron chi connectivity index (χ1n) is 12.6. The highest BCUT2D eigenvalue weighted by Gasteiger charge is 2.26. The molecule has 2 amide bonds. The van der Waals surface area contributed by atoms with Gasteiger partial charge in [-0.3, -0.25) is 9.59 Å². The number of hydrogen-bond donors (Lipinski definition) is 2. The van der Waals surface area contributed by atoms with Crippen LogP contribution in [-0.2, 0) is 32.7 Å². The summed E-state index contributed by atoms with van der Waals surface area (Å²) in [5.74, 6) is -1.21. The van der Waals surface area contributed by atoms with Gasteiger partial charge in [0, 0.05) is 17.3 Å². The number of rotatable bonds is 9. The predicted octanol–water partition coefficient (Wildman–Crippen LogP) is 5.34. The first-order valence-corrected chi connectivity index (χ1v) is 14.4. The standard InChI is InChI=1S/C30H29ClN4O5S/c1-20-4-7-23(8-5-20)18-35(41(38,39)28-14-9-24(31)10-15-28)19-27-13-12-26(40-27)17-32-34-30(37)29(36)33-25-11-6-21(2)22(3)16-25/h4-17H,18-19H2,1-3H3,(H,33,36)(H,34,37)/b32-17+. The number of carbonyl (C=O) groups excluding carboxylic acids is 2. The van der Waals surface area contributed by atoms with Gasteiger partial charge in [0.15, 0.2) is 0 Å². The molecule has 0 aliphatic heterocycles. The smallest absolute Gasteiger partial charge is 0.329 e. The first kappa shape index (κ1) is 29.7. The van der Waals surface area contributed by atoms with Gasteiger partial charge in [-0.15, -0.1) is 0 Å². The van der Waals surface area contributed by atoms with Gasteiger partial charge in [0.2, 0.25) is 10.0 Å². The number of carbonyl (C=O) groups is 2. The van der Waals surface area contributed by atoms with E-state index in [4.69, 9.17) is 16.0 Å². The lowest BCUT2D eigenvalue weighted by Crippen LogP contribution is -2.32. The number of nitrogens with one attached hydrogen (secondary N) is 2. The van der Waals surface area contributed by atoms with Crippen LogP contribution in [0.5, 0.6) is 0 Å². The Morgan fingerprint density at radius 1 is 0.878 bits per heavy atom. The number of hydrazone groups is 1. The van der Waals surface area contributed by atoms with E-state index in [1.165, 1.54) is 34.8 Å². The van der Waals surface area contributed by atoms with E-state index in [9.17, 15) is 18.0 Å². The van der Waals surface area contributed by atoms with E-state index in [1.807, 2.05) is 51.1 Å². The molecule has 212 valence electrons. The summed E-state index contributed by atoms with van der Waals surface area (Å²) in [6.07, 6.45) is 1.22. The van der Waals surface area contributed by atoms with Gasteiger partial charge in [-0.1, -0.05) is 47.5 Å². The summed E-state index contributed by atoms with van der Waals surface area (Å²) in [6, 6.07) is 22.1. The number of hydrogen-bond acceptors (Lipinski definition) is 6. The van der Waals surface area contributed by atoms with Crippen molar-refractivity contribution in [2.75, 3.05) is 5.32 Å². The molecule has 9 nitrogen and oxygen atoms in total. The van der Waals surface area contributed by atoms with Crippen molar-refractivity contribution in [3.05, 3.63) is 118 Å². The zero-order valence-electron chi connectivity index (χ0n) is 22.7. The lowest BCUT2D eigenvalue weighted by molar-refractivity contribution is -0.136. The van der Waals surface area contributed by atoms with Crippen molar-refractivity contribution in [2.45, 2.75) is 38.8 Å². The van der Waals surface area contributed by atoms with Crippen LogP contribution in [0.4, 0.5) is 5.69 Å². The number of nitrogens with zero attached hydrogens (tertiary/aromatic N) is 2. The summed E-state index contributed by atoms with van der Waals surface area (Å²) in [6.45, 7) is 5.86. The summed E-state index contributed by atoms with van der Waals surface area (Å²) >= 11 is 5.96. The average molecular weight is 593 g/mol. The van der Waals surface area contributed by atoms with Crippen LogP contribution in [0.25, 0.3) is 0 Å². The van der Waals surface area contributed by atoms with Crippen molar-refractivity contribution >= 4 is 45.3 Å². The summed E-state index contributed by atoms with van der Waals surface area (Å²) in [7, 11) is -3.90. The van der Waals surface area contributed by atoms with Crippen LogP contribution in [0.2, 0.25) is 5.02 Å². The lowest BCUT2D eigenvalue weighted by atomic mass is 10.1. The molecule has 0 aliphatic rings. The molecule has 2 N–H and O–H groups in total. The Morgan fingerprint density at radius 2 is 1.59 bits per heavy atom. The van der Waals surface area contributed by atoms with Gasteiger partial charge in [-0.25, -0.2) is 13.8 Å². The zero-order chi connectivity index (χ0) is 29.6. The first-order chi connectivity index (χ1) is 19.5. The number of aryl methyl sites for hydroxylation is 3. The van der Waals surface area contributed by atoms with Gasteiger partial charge in [0.05, 0.1) is 17.7 Å². The molecule has 0 saturated heterocycles. The summed E-state index contributed by atoms with van der Waals surface area (Å²) < 4.78 is 34.1. The molecule has 0 bridgehead atoms. The lowest BCUT2D eigenvalue weighted by Gasteiger charge is -2.21. The summed E-state index contributed by atoms with van der Waals surface area (Å²) in [5.41, 5.74) is 6.57. The van der Waals surface area contributed by atoms with Gasteiger partial charge in [0.25, 0.3) is 0 Å². The van der Waals surface area contributed by atoms with Gasteiger partial charge in [-0.2, -0.15) is 9.41 Å². The zero-order valence-corrected chi connectivity index (χ0v) is 24.3. The highest BCUT2D eigenvalue weighted by Crippen LogP contribution is 2.23. The second kappa shape index (κ2) is 12.9. The number of benzene rings is 3. The Balaban J connectivity index is 1.43. The van der Waals surface area contributed by atoms with Crippen molar-refractivity contribution < 1.29 is 22.4 Å². The Bertz CT molecular complexity index is 1680. The van der Waals surface area contributed by atoms with Crippen molar-refractivity contribution in [2.24, 2.45) is 5.10 Å². The monoisotopic (exact) mass is 592 g/mol. The number of sulfonamides is 1. The Morgan fingerprint density at radius 3 is 2.27 bits per heavy atom. The molecule has 11 heteroatoms. The van der Waals surface area contributed by atoms with E-state index in [0.29, 0.717) is 16.5 Å². The number of amides is 2. The molecule has 1 heterocycles. The van der Waals surface area contributed by atoms with Crippen LogP contribution in [0.15, 0.2) is 93.3 Å². The molecule has 0 radical (unpaired) electrons. The van der Waals surface area contributed by atoms with E-state index in [0.717, 1.165) is 22.3 Å². The molecule has 4 aromatic rings. The number of furan rings is 1. The molecule has 0 atom stereocenters. The second-order valence-electron chi connectivity index (χ2n) is 9.47. The molecule has 0 saturated carbocycles. The van der Waals surface area contributed by atoms with Crippen molar-refractivity contribution in [1.29, 1.82) is 0 Å². The average Bonchev–Trinajstić information content (AvgIpc) is 3.39. The van der Waals surface area contributed by atoms with Crippen molar-refractivity contribution in [3.63, 3.8) is 0 Å². The van der Waals surface area contributed by atoms with Crippen molar-refractivity contribution in [1.82, 2.24) is 9.73 Å². The minimum atomic E-state index is -3.90. The van der Waals surface area contributed by atoms with E-state index in [1.54, 1.807) is 24.3 Å². The minimum absolute atomic E-state index is 0.0581. The molecule has 0 fully saturated rings. The highest BCUT2D eigenvalue weighted by molar-refractivity contribution is 7.89. The summed E-state index contributed by atoms with van der Waals surface area (Å²) in [5, 5.41) is 6.73. The number of anilines is 1. The third-order valence-corrected chi connectivity index (χ3v) is 8.33. The molecule has 1 aromatic heterocycles. The van der Waals surface area contributed by atoms with Crippen LogP contribution in [0.3, 0.4) is 0 Å². The van der Waals surface area contributed by atoms with Crippen LogP contribution < -0.4 is 10.7 Å². The third kappa shape index (κ3) is 7.91. The normalized spacial score (nSPS) is 11.6. The predicted molar refractivity (Wildman–Crippen MR) is 158 cm³/mol. The fourth-order valence-electron chi connectivity index (χ4n) is 3.81. The van der Waals surface area contributed by atoms with E-state index < -0.39 is 21.8 Å². The topological polar surface area (TPSA) is 121 Å². The quantitative estimate of drug-likeness (QED) is 0.154. The van der Waals surface area contributed by atoms with Gasteiger partial charge < -0.3 is 9.73 Å². The van der Waals surface area contributed by atoms with Crippen molar-refractivity contribution in [3.8, 4) is 0 Å². The SMILES string of the molecule is Cc1ccc(CN(Cc2ccc(/C=N/NC(=O)C(=O)Nc3ccc(C)c(C)c3)o2)S(=O)(=O)c2ccc(Cl)cc2)cc1. The largest absolute Gasteiger partial charge is 0.459 e. The van der Waals surface area contributed by atoms with Crippen LogP contribution in [-0.4, -0.2) is 30.8 Å². The maximum absolute atomic E-state index is 13.5. The fraction of sp³-hybridized carbons (Fsp3) is 0.167. The fourth-order valence-corrected chi connectivity index (χ4v) is 5.33. The maximum Gasteiger partial charge on any atom is 0.329 e.